The summed E-state index contributed by atoms with van der Waals surface area (Å²) in [4.78, 5) is 35.1. The van der Waals surface area contributed by atoms with Crippen LogP contribution in [0.4, 0.5) is 5.69 Å². The summed E-state index contributed by atoms with van der Waals surface area (Å²) in [5.41, 5.74) is 0.964. The molecule has 1 atom stereocenters. The summed E-state index contributed by atoms with van der Waals surface area (Å²) in [5, 5.41) is 3.47. The summed E-state index contributed by atoms with van der Waals surface area (Å²) in [5.74, 6) is -0.0321. The van der Waals surface area contributed by atoms with Gasteiger partial charge in [0.1, 0.15) is 11.3 Å². The molecule has 1 aromatic heterocycles. The molecule has 1 N–H and O–H groups in total. The van der Waals surface area contributed by atoms with Crippen LogP contribution >= 0.6 is 0 Å². The largest absolute Gasteiger partial charge is 0.481 e. The van der Waals surface area contributed by atoms with Crippen molar-refractivity contribution >= 4 is 28.3 Å². The molecule has 132 valence electrons. The molecule has 0 aliphatic heterocycles. The Morgan fingerprint density at radius 3 is 2.62 bits per heavy atom. The van der Waals surface area contributed by atoms with E-state index in [1.165, 1.54) is 13.0 Å². The number of anilines is 1. The van der Waals surface area contributed by atoms with E-state index in [1.807, 2.05) is 0 Å². The molecule has 1 amide bonds. The number of carbonyl (C=O) groups excluding carboxylic acids is 2. The van der Waals surface area contributed by atoms with E-state index in [9.17, 15) is 14.4 Å². The standard InChI is InChI=1S/C20H17NO5/c1-12(22)15-4-3-5-16(10-15)21-20(24)13(2)25-17-8-6-14-7-9-19(23)26-18(14)11-17/h3-11,13H,1-2H3,(H,21,24)/t13-/m1/s1. The number of ketones is 1. The van der Waals surface area contributed by atoms with Crippen LogP contribution in [0, 0.1) is 0 Å². The van der Waals surface area contributed by atoms with Gasteiger partial charge in [-0.1, -0.05) is 12.1 Å². The predicted molar refractivity (Wildman–Crippen MR) is 97.7 cm³/mol. The molecule has 0 fully saturated rings. The van der Waals surface area contributed by atoms with Crippen LogP contribution < -0.4 is 15.7 Å². The SMILES string of the molecule is CC(=O)c1cccc(NC(=O)[C@@H](C)Oc2ccc3ccc(=O)oc3c2)c1. The van der Waals surface area contributed by atoms with Crippen LogP contribution in [0.15, 0.2) is 63.8 Å². The van der Waals surface area contributed by atoms with Crippen molar-refractivity contribution in [3.8, 4) is 5.75 Å². The van der Waals surface area contributed by atoms with Crippen LogP contribution in [0.2, 0.25) is 0 Å². The Labute approximate surface area is 149 Å². The van der Waals surface area contributed by atoms with Crippen molar-refractivity contribution in [2.45, 2.75) is 20.0 Å². The number of hydrogen-bond donors (Lipinski definition) is 1. The second kappa shape index (κ2) is 7.23. The fourth-order valence-corrected chi connectivity index (χ4v) is 2.43. The van der Waals surface area contributed by atoms with Crippen molar-refractivity contribution < 1.29 is 18.7 Å². The molecule has 0 spiro atoms. The lowest BCUT2D eigenvalue weighted by atomic mass is 10.1. The minimum absolute atomic E-state index is 0.0805. The van der Waals surface area contributed by atoms with Gasteiger partial charge in [0, 0.05) is 28.8 Å². The lowest BCUT2D eigenvalue weighted by Gasteiger charge is -2.15. The molecule has 0 saturated heterocycles. The molecule has 0 aliphatic rings. The average Bonchev–Trinajstić information content (AvgIpc) is 2.61. The van der Waals surface area contributed by atoms with Crippen LogP contribution in [0.5, 0.6) is 5.75 Å². The molecule has 2 aromatic carbocycles. The number of nitrogens with one attached hydrogen (secondary N) is 1. The van der Waals surface area contributed by atoms with Gasteiger partial charge >= 0.3 is 5.63 Å². The van der Waals surface area contributed by atoms with Gasteiger partial charge in [-0.2, -0.15) is 0 Å². The molecular weight excluding hydrogens is 334 g/mol. The van der Waals surface area contributed by atoms with Gasteiger partial charge in [0.25, 0.3) is 5.91 Å². The number of benzene rings is 2. The second-order valence-corrected chi connectivity index (χ2v) is 5.84. The van der Waals surface area contributed by atoms with Crippen LogP contribution in [-0.2, 0) is 4.79 Å². The highest BCUT2D eigenvalue weighted by molar-refractivity contribution is 5.98. The topological polar surface area (TPSA) is 85.6 Å². The lowest BCUT2D eigenvalue weighted by Crippen LogP contribution is -2.30. The highest BCUT2D eigenvalue weighted by Crippen LogP contribution is 2.21. The third kappa shape index (κ3) is 3.97. The summed E-state index contributed by atoms with van der Waals surface area (Å²) in [6.07, 6.45) is -0.788. The molecule has 1 heterocycles. The molecule has 3 rings (SSSR count). The Morgan fingerprint density at radius 1 is 1.08 bits per heavy atom. The number of hydrogen-bond acceptors (Lipinski definition) is 5. The van der Waals surface area contributed by atoms with E-state index in [4.69, 9.17) is 9.15 Å². The number of carbonyl (C=O) groups is 2. The van der Waals surface area contributed by atoms with E-state index in [-0.39, 0.29) is 11.7 Å². The maximum atomic E-state index is 12.3. The first-order chi connectivity index (χ1) is 12.4. The van der Waals surface area contributed by atoms with Crippen LogP contribution in [0.3, 0.4) is 0 Å². The summed E-state index contributed by atoms with van der Waals surface area (Å²) < 4.78 is 10.7. The molecule has 0 saturated carbocycles. The normalized spacial score (nSPS) is 11.8. The maximum absolute atomic E-state index is 12.3. The molecule has 0 aliphatic carbocycles. The quantitative estimate of drug-likeness (QED) is 0.562. The van der Waals surface area contributed by atoms with E-state index in [1.54, 1.807) is 55.5 Å². The fraction of sp³-hybridized carbons (Fsp3) is 0.150. The zero-order valence-corrected chi connectivity index (χ0v) is 14.3. The smallest absolute Gasteiger partial charge is 0.336 e. The zero-order chi connectivity index (χ0) is 18.7. The van der Waals surface area contributed by atoms with Gasteiger partial charge in [-0.3, -0.25) is 9.59 Å². The Hall–Kier alpha value is -3.41. The van der Waals surface area contributed by atoms with Crippen LogP contribution in [0.1, 0.15) is 24.2 Å². The van der Waals surface area contributed by atoms with E-state index < -0.39 is 11.7 Å². The van der Waals surface area contributed by atoms with Crippen molar-refractivity contribution in [2.24, 2.45) is 0 Å². The van der Waals surface area contributed by atoms with Crippen molar-refractivity contribution in [1.82, 2.24) is 0 Å². The average molecular weight is 351 g/mol. The van der Waals surface area contributed by atoms with Gasteiger partial charge in [-0.25, -0.2) is 4.79 Å². The van der Waals surface area contributed by atoms with Gasteiger partial charge in [-0.15, -0.1) is 0 Å². The van der Waals surface area contributed by atoms with Crippen molar-refractivity contribution in [1.29, 1.82) is 0 Å². The first-order valence-electron chi connectivity index (χ1n) is 8.05. The molecule has 0 radical (unpaired) electrons. The third-order valence-corrected chi connectivity index (χ3v) is 3.81. The predicted octanol–water partition coefficient (Wildman–Crippen LogP) is 3.40. The van der Waals surface area contributed by atoms with Gasteiger partial charge < -0.3 is 14.5 Å². The van der Waals surface area contributed by atoms with E-state index in [2.05, 4.69) is 5.32 Å². The first kappa shape index (κ1) is 17.4. The Morgan fingerprint density at radius 2 is 1.85 bits per heavy atom. The second-order valence-electron chi connectivity index (χ2n) is 5.84. The van der Waals surface area contributed by atoms with Gasteiger partial charge in [-0.05, 0) is 44.2 Å². The number of ether oxygens (including phenoxy) is 1. The summed E-state index contributed by atoms with van der Waals surface area (Å²) >= 11 is 0. The molecule has 0 unspecified atom stereocenters. The maximum Gasteiger partial charge on any atom is 0.336 e. The van der Waals surface area contributed by atoms with E-state index in [0.29, 0.717) is 22.6 Å². The minimum atomic E-state index is -0.788. The molecule has 0 bridgehead atoms. The van der Waals surface area contributed by atoms with E-state index >= 15 is 0 Å². The number of fused-ring (bicyclic) bond motifs is 1. The monoisotopic (exact) mass is 351 g/mol. The number of amides is 1. The molecule has 26 heavy (non-hydrogen) atoms. The van der Waals surface area contributed by atoms with Crippen molar-refractivity contribution in [3.05, 3.63) is 70.6 Å². The summed E-state index contributed by atoms with van der Waals surface area (Å²) in [6, 6.07) is 14.7. The molecular formula is C20H17NO5. The lowest BCUT2D eigenvalue weighted by molar-refractivity contribution is -0.122. The third-order valence-electron chi connectivity index (χ3n) is 3.81. The highest BCUT2D eigenvalue weighted by atomic mass is 16.5. The molecule has 6 nitrogen and oxygen atoms in total. The van der Waals surface area contributed by atoms with E-state index in [0.717, 1.165) is 5.39 Å². The zero-order valence-electron chi connectivity index (χ0n) is 14.3. The summed E-state index contributed by atoms with van der Waals surface area (Å²) in [6.45, 7) is 3.07. The Bertz CT molecular complexity index is 1040. The first-order valence-corrected chi connectivity index (χ1v) is 8.05. The highest BCUT2D eigenvalue weighted by Gasteiger charge is 2.16. The number of Topliss-reactive ketones (excluding diaryl/α,β-unsaturated/α-hetero) is 1. The van der Waals surface area contributed by atoms with Crippen LogP contribution in [0.25, 0.3) is 11.0 Å². The Balaban J connectivity index is 1.72. The van der Waals surface area contributed by atoms with Crippen molar-refractivity contribution in [3.63, 3.8) is 0 Å². The van der Waals surface area contributed by atoms with Crippen molar-refractivity contribution in [2.75, 3.05) is 5.32 Å². The van der Waals surface area contributed by atoms with Crippen LogP contribution in [-0.4, -0.2) is 17.8 Å². The fourth-order valence-electron chi connectivity index (χ4n) is 2.43. The van der Waals surface area contributed by atoms with Gasteiger partial charge in [0.15, 0.2) is 11.9 Å². The van der Waals surface area contributed by atoms with Gasteiger partial charge in [0.2, 0.25) is 0 Å². The number of rotatable bonds is 5. The summed E-state index contributed by atoms with van der Waals surface area (Å²) in [7, 11) is 0. The molecule has 3 aromatic rings. The molecule has 6 heteroatoms. The van der Waals surface area contributed by atoms with Gasteiger partial charge in [0.05, 0.1) is 0 Å². The minimum Gasteiger partial charge on any atom is -0.481 e. The Kier molecular flexibility index (Phi) is 4.84.